The summed E-state index contributed by atoms with van der Waals surface area (Å²) in [7, 11) is 0. The maximum atomic E-state index is 14.6. The highest BCUT2D eigenvalue weighted by Gasteiger charge is 2.79. The van der Waals surface area contributed by atoms with E-state index in [2.05, 4.69) is 0 Å². The number of hydrogen-bond acceptors (Lipinski definition) is 10. The first-order valence-corrected chi connectivity index (χ1v) is 18.4. The highest BCUT2D eigenvalue weighted by Crippen LogP contribution is 2.77. The van der Waals surface area contributed by atoms with Gasteiger partial charge in [-0.05, 0) is 83.6 Å². The Morgan fingerprint density at radius 1 is 0.980 bits per heavy atom. The predicted octanol–water partition coefficient (Wildman–Crippen LogP) is 3.31. The molecule has 1 aliphatic heterocycles. The maximum Gasteiger partial charge on any atom is 0.160 e. The Balaban J connectivity index is 1.39. The summed E-state index contributed by atoms with van der Waals surface area (Å²) in [6, 6.07) is 4.04. The van der Waals surface area contributed by atoms with Crippen LogP contribution in [0.3, 0.4) is 0 Å². The van der Waals surface area contributed by atoms with Crippen molar-refractivity contribution in [3.8, 4) is 11.5 Å². The third kappa shape index (κ3) is 4.66. The summed E-state index contributed by atoms with van der Waals surface area (Å²) >= 11 is 0. The van der Waals surface area contributed by atoms with Crippen molar-refractivity contribution in [1.82, 2.24) is 0 Å². The Hall–Kier alpha value is -2.05. The zero-order chi connectivity index (χ0) is 35.6. The van der Waals surface area contributed by atoms with Crippen LogP contribution in [0.1, 0.15) is 97.5 Å². The second kappa shape index (κ2) is 11.5. The van der Waals surface area contributed by atoms with Crippen LogP contribution in [-0.2, 0) is 9.53 Å². The number of benzene rings is 1. The van der Waals surface area contributed by atoms with Crippen LogP contribution < -0.4 is 0 Å². The molecule has 5 fully saturated rings. The summed E-state index contributed by atoms with van der Waals surface area (Å²) in [6.45, 7) is 9.62. The summed E-state index contributed by atoms with van der Waals surface area (Å²) in [5.74, 6) is -3.47. The van der Waals surface area contributed by atoms with Gasteiger partial charge in [0.05, 0.1) is 30.0 Å². The number of carbonyl (C=O) groups is 1. The third-order valence-corrected chi connectivity index (χ3v) is 15.0. The summed E-state index contributed by atoms with van der Waals surface area (Å²) in [5.41, 5.74) is -4.52. The van der Waals surface area contributed by atoms with Crippen LogP contribution in [0.2, 0.25) is 0 Å². The molecule has 10 nitrogen and oxygen atoms in total. The molecule has 0 radical (unpaired) electrons. The van der Waals surface area contributed by atoms with Gasteiger partial charge in [-0.15, -0.1) is 0 Å². The normalized spacial score (nSPS) is 46.6. The Bertz CT molecular complexity index is 1500. The molecule has 8 N–H and O–H groups in total. The minimum absolute atomic E-state index is 0.0247. The number of phenols is 2. The molecule has 6 aliphatic rings. The minimum atomic E-state index is -1.63. The lowest BCUT2D eigenvalue weighted by molar-refractivity contribution is -0.208. The van der Waals surface area contributed by atoms with Gasteiger partial charge in [0.1, 0.15) is 23.2 Å². The van der Waals surface area contributed by atoms with Crippen molar-refractivity contribution in [1.29, 1.82) is 0 Å². The standard InChI is InChI=1S/C39H56O10/c1-19(2)20(3)30(45)34-38(47,10-11-40)33-27(49-34)17-39(48)24-15-25(43)29-28(21-12-22(41)14-23(42)13-21)31(46)26(44)16-35(29,4)32(24)37(8-6-7-9-37)18-36(33,39)5/h12-15,19-20,26-34,40-42,44-48H,6-11,16-18H2,1-5H3/t20-,26-,27-,28-,29+,30-,31-,32-,33-,34-,35-,36+,38+,39+/m0/s1. The molecule has 1 aromatic carbocycles. The van der Waals surface area contributed by atoms with Gasteiger partial charge < -0.3 is 45.6 Å². The molecule has 0 bridgehead atoms. The van der Waals surface area contributed by atoms with E-state index in [9.17, 15) is 45.6 Å². The van der Waals surface area contributed by atoms with E-state index in [0.717, 1.165) is 25.7 Å². The predicted molar refractivity (Wildman–Crippen MR) is 179 cm³/mol. The smallest absolute Gasteiger partial charge is 0.160 e. The van der Waals surface area contributed by atoms with Gasteiger partial charge in [-0.25, -0.2) is 0 Å². The first kappa shape index (κ1) is 35.4. The lowest BCUT2D eigenvalue weighted by atomic mass is 9.37. The molecule has 14 atom stereocenters. The molecular formula is C39H56O10. The second-order valence-corrected chi connectivity index (χ2v) is 17.8. The molecule has 5 aliphatic carbocycles. The van der Waals surface area contributed by atoms with Gasteiger partial charge in [0.15, 0.2) is 5.78 Å². The largest absolute Gasteiger partial charge is 0.508 e. The van der Waals surface area contributed by atoms with Gasteiger partial charge in [0.2, 0.25) is 0 Å². The molecule has 49 heavy (non-hydrogen) atoms. The fourth-order valence-electron chi connectivity index (χ4n) is 13.0. The lowest BCUT2D eigenvalue weighted by Gasteiger charge is -2.67. The van der Waals surface area contributed by atoms with Crippen molar-refractivity contribution in [2.24, 2.45) is 45.8 Å². The van der Waals surface area contributed by atoms with Gasteiger partial charge >= 0.3 is 0 Å². The van der Waals surface area contributed by atoms with Crippen LogP contribution in [0.4, 0.5) is 0 Å². The Morgan fingerprint density at radius 3 is 2.20 bits per heavy atom. The number of aliphatic hydroxyl groups excluding tert-OH is 4. The number of rotatable bonds is 6. The third-order valence-electron chi connectivity index (χ3n) is 15.0. The number of aromatic hydroxyl groups is 2. The molecule has 7 rings (SSSR count). The Morgan fingerprint density at radius 2 is 1.61 bits per heavy atom. The molecule has 1 saturated heterocycles. The monoisotopic (exact) mass is 684 g/mol. The van der Waals surface area contributed by atoms with E-state index in [0.29, 0.717) is 17.6 Å². The van der Waals surface area contributed by atoms with Crippen molar-refractivity contribution >= 4 is 5.78 Å². The van der Waals surface area contributed by atoms with Crippen molar-refractivity contribution in [3.63, 3.8) is 0 Å². The molecule has 10 heteroatoms. The zero-order valence-corrected chi connectivity index (χ0v) is 29.4. The fraction of sp³-hybridized carbons (Fsp3) is 0.769. The highest BCUT2D eigenvalue weighted by atomic mass is 16.5. The molecule has 1 spiro atoms. The number of hydrogen-bond donors (Lipinski definition) is 8. The summed E-state index contributed by atoms with van der Waals surface area (Å²) in [5, 5.41) is 91.6. The Labute approximate surface area is 288 Å². The number of phenolic OH excluding ortho intramolecular Hbond substituents is 2. The molecule has 1 aromatic rings. The quantitative estimate of drug-likeness (QED) is 0.221. The van der Waals surface area contributed by atoms with Gasteiger partial charge in [-0.3, -0.25) is 4.79 Å². The van der Waals surface area contributed by atoms with Gasteiger partial charge in [0, 0.05) is 48.7 Å². The van der Waals surface area contributed by atoms with Crippen LogP contribution in [0.25, 0.3) is 0 Å². The lowest BCUT2D eigenvalue weighted by Crippen LogP contribution is -2.68. The average molecular weight is 685 g/mol. The zero-order valence-electron chi connectivity index (χ0n) is 29.4. The minimum Gasteiger partial charge on any atom is -0.508 e. The number of ether oxygens (including phenoxy) is 1. The summed E-state index contributed by atoms with van der Waals surface area (Å²) < 4.78 is 6.62. The molecule has 0 aromatic heterocycles. The van der Waals surface area contributed by atoms with E-state index >= 15 is 0 Å². The summed E-state index contributed by atoms with van der Waals surface area (Å²) in [4.78, 5) is 14.6. The molecule has 0 unspecified atom stereocenters. The van der Waals surface area contributed by atoms with Crippen molar-refractivity contribution in [2.45, 2.75) is 134 Å². The molecule has 1 heterocycles. The Kier molecular flexibility index (Phi) is 8.28. The molecule has 272 valence electrons. The van der Waals surface area contributed by atoms with E-state index < -0.39 is 75.7 Å². The first-order valence-electron chi connectivity index (χ1n) is 18.4. The molecular weight excluding hydrogens is 628 g/mol. The topological polar surface area (TPSA) is 188 Å². The SMILES string of the molecule is CC(C)[C@H](C)[C@H](O)[C@@H]1O[C@H]2C[C@@]3(O)C4=CC(=O)[C@@H]5[C@H](c6cc(O)cc(O)c6)[C@@H](O)[C@@H](O)C[C@]5(C)[C@H]4C4(CCCC4)C[C@]3(C)[C@H]2[C@]1(O)CCO. The second-order valence-electron chi connectivity index (χ2n) is 17.8. The van der Waals surface area contributed by atoms with Crippen molar-refractivity contribution in [3.05, 3.63) is 35.4 Å². The number of fused-ring (bicyclic) bond motifs is 8. The fourth-order valence-corrected chi connectivity index (χ4v) is 13.0. The molecule has 0 amide bonds. The van der Waals surface area contributed by atoms with Crippen LogP contribution in [-0.4, -0.2) is 95.0 Å². The van der Waals surface area contributed by atoms with E-state index in [-0.39, 0.29) is 60.9 Å². The van der Waals surface area contributed by atoms with Crippen LogP contribution in [0.15, 0.2) is 29.8 Å². The maximum absolute atomic E-state index is 14.6. The molecule has 4 saturated carbocycles. The van der Waals surface area contributed by atoms with Gasteiger partial charge in [-0.2, -0.15) is 0 Å². The van der Waals surface area contributed by atoms with Crippen molar-refractivity contribution in [2.75, 3.05) is 6.61 Å². The van der Waals surface area contributed by atoms with Crippen LogP contribution >= 0.6 is 0 Å². The van der Waals surface area contributed by atoms with Gasteiger partial charge in [-0.1, -0.05) is 47.5 Å². The number of carbonyl (C=O) groups excluding carboxylic acids is 1. The van der Waals surface area contributed by atoms with Gasteiger partial charge in [0.25, 0.3) is 0 Å². The highest BCUT2D eigenvalue weighted by molar-refractivity contribution is 5.96. The number of ketones is 1. The van der Waals surface area contributed by atoms with Crippen molar-refractivity contribution < 1.29 is 50.4 Å². The number of aliphatic hydroxyl groups is 6. The van der Waals surface area contributed by atoms with Crippen LogP contribution in [0, 0.1) is 45.8 Å². The van der Waals surface area contributed by atoms with E-state index in [1.807, 2.05) is 34.6 Å². The van der Waals surface area contributed by atoms with Crippen LogP contribution in [0.5, 0.6) is 11.5 Å². The van der Waals surface area contributed by atoms with E-state index in [1.165, 1.54) is 18.2 Å². The summed E-state index contributed by atoms with van der Waals surface area (Å²) in [6.07, 6.45) is 0.745. The average Bonchev–Trinajstić information content (AvgIpc) is 3.64. The number of allylic oxidation sites excluding steroid dienone is 1. The van der Waals surface area contributed by atoms with E-state index in [1.54, 1.807) is 6.08 Å². The first-order chi connectivity index (χ1) is 22.9. The van der Waals surface area contributed by atoms with E-state index in [4.69, 9.17) is 4.74 Å².